The van der Waals surface area contributed by atoms with E-state index in [9.17, 15) is 0 Å². The molecule has 15 heavy (non-hydrogen) atoms. The van der Waals surface area contributed by atoms with E-state index in [1.165, 1.54) is 0 Å². The molecule has 2 aromatic rings. The van der Waals surface area contributed by atoms with Crippen LogP contribution in [0, 0.1) is 0 Å². The third kappa shape index (κ3) is 2.41. The molecule has 0 saturated carbocycles. The fraction of sp³-hybridized carbons (Fsp3) is 0.273. The van der Waals surface area contributed by atoms with E-state index in [-0.39, 0.29) is 0 Å². The van der Waals surface area contributed by atoms with Gasteiger partial charge in [0.25, 0.3) is 0 Å². The molecule has 0 atom stereocenters. The normalized spacial score (nSPS) is 10.5. The first-order valence-corrected chi connectivity index (χ1v) is 5.00. The molecule has 0 aliphatic heterocycles. The van der Waals surface area contributed by atoms with Crippen molar-refractivity contribution in [1.29, 1.82) is 0 Å². The van der Waals surface area contributed by atoms with E-state index in [0.29, 0.717) is 0 Å². The molecule has 0 spiro atoms. The minimum Gasteiger partial charge on any atom is -0.319 e. The van der Waals surface area contributed by atoms with Gasteiger partial charge in [0.05, 0.1) is 5.69 Å². The summed E-state index contributed by atoms with van der Waals surface area (Å²) in [5.41, 5.74) is 2.94. The summed E-state index contributed by atoms with van der Waals surface area (Å²) in [7, 11) is 1.94. The minimum atomic E-state index is 0.904. The van der Waals surface area contributed by atoms with Gasteiger partial charge in [0.1, 0.15) is 5.69 Å². The van der Waals surface area contributed by atoms with Crippen molar-refractivity contribution in [1.82, 2.24) is 20.5 Å². The number of nitrogens with zero attached hydrogens (tertiary/aromatic N) is 2. The summed E-state index contributed by atoms with van der Waals surface area (Å²) in [6.45, 7) is 0.948. The molecule has 0 aromatic carbocycles. The molecule has 2 aromatic heterocycles. The Balaban J connectivity index is 2.14. The Kier molecular flexibility index (Phi) is 3.09. The third-order valence-corrected chi connectivity index (χ3v) is 2.20. The second kappa shape index (κ2) is 4.70. The topological polar surface area (TPSA) is 53.6 Å². The second-order valence-electron chi connectivity index (χ2n) is 3.35. The van der Waals surface area contributed by atoms with Crippen LogP contribution in [0.15, 0.2) is 30.5 Å². The molecular weight excluding hydrogens is 188 g/mol. The summed E-state index contributed by atoms with van der Waals surface area (Å²) in [6.07, 6.45) is 2.73. The van der Waals surface area contributed by atoms with Crippen molar-refractivity contribution in [3.05, 3.63) is 36.2 Å². The molecule has 2 N–H and O–H groups in total. The van der Waals surface area contributed by atoms with Gasteiger partial charge in [-0.3, -0.25) is 10.1 Å². The molecule has 0 saturated heterocycles. The van der Waals surface area contributed by atoms with E-state index in [1.54, 1.807) is 6.20 Å². The SMILES string of the molecule is CNCCc1cc(-c2ccccn2)n[nH]1. The molecule has 0 amide bonds. The minimum absolute atomic E-state index is 0.904. The van der Waals surface area contributed by atoms with Gasteiger partial charge in [0, 0.05) is 24.9 Å². The highest BCUT2D eigenvalue weighted by Crippen LogP contribution is 2.13. The zero-order chi connectivity index (χ0) is 10.5. The first-order valence-electron chi connectivity index (χ1n) is 5.00. The lowest BCUT2D eigenvalue weighted by Crippen LogP contribution is -2.10. The summed E-state index contributed by atoms with van der Waals surface area (Å²) >= 11 is 0. The molecule has 2 heterocycles. The number of H-pyrrole nitrogens is 1. The van der Waals surface area contributed by atoms with Gasteiger partial charge in [-0.1, -0.05) is 6.07 Å². The van der Waals surface area contributed by atoms with Gasteiger partial charge in [0.15, 0.2) is 0 Å². The van der Waals surface area contributed by atoms with Crippen LogP contribution in [0.4, 0.5) is 0 Å². The highest BCUT2D eigenvalue weighted by molar-refractivity contribution is 5.53. The number of pyridine rings is 1. The number of nitrogens with one attached hydrogen (secondary N) is 2. The number of likely N-dealkylation sites (N-methyl/N-ethyl adjacent to an activating group) is 1. The molecule has 4 nitrogen and oxygen atoms in total. The van der Waals surface area contributed by atoms with Crippen LogP contribution in [0.5, 0.6) is 0 Å². The van der Waals surface area contributed by atoms with Crippen LogP contribution in [0.25, 0.3) is 11.4 Å². The molecule has 0 fully saturated rings. The first kappa shape index (κ1) is 9.86. The smallest absolute Gasteiger partial charge is 0.111 e. The Morgan fingerprint density at radius 2 is 2.27 bits per heavy atom. The Morgan fingerprint density at radius 3 is 3.00 bits per heavy atom. The zero-order valence-electron chi connectivity index (χ0n) is 8.70. The quantitative estimate of drug-likeness (QED) is 0.784. The van der Waals surface area contributed by atoms with Gasteiger partial charge in [-0.2, -0.15) is 5.10 Å². The molecule has 0 aliphatic rings. The van der Waals surface area contributed by atoms with Crippen molar-refractivity contribution in [2.75, 3.05) is 13.6 Å². The number of hydrogen-bond donors (Lipinski definition) is 2. The molecule has 0 aliphatic carbocycles. The molecule has 2 rings (SSSR count). The summed E-state index contributed by atoms with van der Waals surface area (Å²) in [6, 6.07) is 7.86. The number of aromatic amines is 1. The molecule has 0 unspecified atom stereocenters. The highest BCUT2D eigenvalue weighted by atomic mass is 15.1. The van der Waals surface area contributed by atoms with Crippen LogP contribution in [-0.2, 0) is 6.42 Å². The van der Waals surface area contributed by atoms with Crippen molar-refractivity contribution in [3.8, 4) is 11.4 Å². The average Bonchev–Trinajstić information content (AvgIpc) is 2.76. The van der Waals surface area contributed by atoms with Gasteiger partial charge in [0.2, 0.25) is 0 Å². The maximum atomic E-state index is 4.24. The maximum absolute atomic E-state index is 4.24. The van der Waals surface area contributed by atoms with Crippen LogP contribution in [-0.4, -0.2) is 28.8 Å². The van der Waals surface area contributed by atoms with Crippen LogP contribution in [0.1, 0.15) is 5.69 Å². The lowest BCUT2D eigenvalue weighted by Gasteiger charge is -1.94. The lowest BCUT2D eigenvalue weighted by atomic mass is 10.2. The predicted octanol–water partition coefficient (Wildman–Crippen LogP) is 1.23. The predicted molar refractivity (Wildman–Crippen MR) is 59.4 cm³/mol. The van der Waals surface area contributed by atoms with Crippen molar-refractivity contribution in [2.24, 2.45) is 0 Å². The average molecular weight is 202 g/mol. The van der Waals surface area contributed by atoms with E-state index >= 15 is 0 Å². The molecule has 0 bridgehead atoms. The third-order valence-electron chi connectivity index (χ3n) is 2.20. The standard InChI is InChI=1S/C11H14N4/c1-12-7-5-9-8-11(15-14-9)10-4-2-3-6-13-10/h2-4,6,8,12H,5,7H2,1H3,(H,14,15). The van der Waals surface area contributed by atoms with Crippen LogP contribution < -0.4 is 5.32 Å². The van der Waals surface area contributed by atoms with E-state index in [1.807, 2.05) is 31.3 Å². The van der Waals surface area contributed by atoms with Gasteiger partial charge in [-0.05, 0) is 25.2 Å². The van der Waals surface area contributed by atoms with Crippen LogP contribution in [0.2, 0.25) is 0 Å². The molecule has 78 valence electrons. The van der Waals surface area contributed by atoms with Crippen molar-refractivity contribution in [2.45, 2.75) is 6.42 Å². The van der Waals surface area contributed by atoms with E-state index in [4.69, 9.17) is 0 Å². The van der Waals surface area contributed by atoms with Gasteiger partial charge in [-0.15, -0.1) is 0 Å². The zero-order valence-corrected chi connectivity index (χ0v) is 8.70. The summed E-state index contributed by atoms with van der Waals surface area (Å²) in [4.78, 5) is 4.24. The summed E-state index contributed by atoms with van der Waals surface area (Å²) in [5.74, 6) is 0. The molecular formula is C11H14N4. The van der Waals surface area contributed by atoms with Crippen molar-refractivity contribution in [3.63, 3.8) is 0 Å². The lowest BCUT2D eigenvalue weighted by molar-refractivity contribution is 0.772. The summed E-state index contributed by atoms with van der Waals surface area (Å²) in [5, 5.41) is 10.3. The molecule has 0 radical (unpaired) electrons. The highest BCUT2D eigenvalue weighted by Gasteiger charge is 2.03. The Bertz CT molecular complexity index is 408. The fourth-order valence-electron chi connectivity index (χ4n) is 1.39. The second-order valence-corrected chi connectivity index (χ2v) is 3.35. The maximum Gasteiger partial charge on any atom is 0.111 e. The van der Waals surface area contributed by atoms with Gasteiger partial charge < -0.3 is 5.32 Å². The first-order chi connectivity index (χ1) is 7.40. The van der Waals surface area contributed by atoms with Gasteiger partial charge >= 0.3 is 0 Å². The largest absolute Gasteiger partial charge is 0.319 e. The van der Waals surface area contributed by atoms with E-state index in [2.05, 4.69) is 20.5 Å². The van der Waals surface area contributed by atoms with E-state index < -0.39 is 0 Å². The van der Waals surface area contributed by atoms with Crippen molar-refractivity contribution >= 4 is 0 Å². The Hall–Kier alpha value is -1.68. The summed E-state index contributed by atoms with van der Waals surface area (Å²) < 4.78 is 0. The Labute approximate surface area is 88.8 Å². The van der Waals surface area contributed by atoms with E-state index in [0.717, 1.165) is 30.0 Å². The van der Waals surface area contributed by atoms with Gasteiger partial charge in [-0.25, -0.2) is 0 Å². The Morgan fingerprint density at radius 1 is 1.33 bits per heavy atom. The number of aromatic nitrogens is 3. The van der Waals surface area contributed by atoms with Crippen LogP contribution >= 0.6 is 0 Å². The van der Waals surface area contributed by atoms with Crippen molar-refractivity contribution < 1.29 is 0 Å². The number of rotatable bonds is 4. The fourth-order valence-corrected chi connectivity index (χ4v) is 1.39. The monoisotopic (exact) mass is 202 g/mol. The van der Waals surface area contributed by atoms with Crippen LogP contribution in [0.3, 0.4) is 0 Å². The molecule has 4 heteroatoms. The number of hydrogen-bond acceptors (Lipinski definition) is 3.